The van der Waals surface area contributed by atoms with E-state index in [2.05, 4.69) is 32.4 Å². The van der Waals surface area contributed by atoms with Gasteiger partial charge in [-0.15, -0.1) is 0 Å². The van der Waals surface area contributed by atoms with E-state index in [4.69, 9.17) is 5.11 Å². The number of carbonyl (C=O) groups is 1. The number of esters is 1. The van der Waals surface area contributed by atoms with Crippen LogP contribution in [0.25, 0.3) is 0 Å². The summed E-state index contributed by atoms with van der Waals surface area (Å²) in [5.41, 5.74) is -0.328. The number of carbonyl (C=O) groups excluding carboxylic acids is 1. The van der Waals surface area contributed by atoms with Gasteiger partial charge in [-0.05, 0) is 37.8 Å². The van der Waals surface area contributed by atoms with Gasteiger partial charge in [-0.2, -0.15) is 0 Å². The first-order chi connectivity index (χ1) is 15.7. The minimum absolute atomic E-state index is 0.258. The molecule has 0 aliphatic carbocycles. The maximum atomic E-state index is 11.3. The summed E-state index contributed by atoms with van der Waals surface area (Å²) in [5.74, 6) is -0.955. The molecule has 1 aromatic rings. The Morgan fingerprint density at radius 2 is 1.30 bits per heavy atom. The van der Waals surface area contributed by atoms with Gasteiger partial charge in [0.2, 0.25) is 0 Å². The third kappa shape index (κ3) is 13.5. The number of aliphatic hydroxyl groups excluding tert-OH is 1. The fourth-order valence-corrected chi connectivity index (χ4v) is 9.67. The lowest BCUT2D eigenvalue weighted by atomic mass is 10.2. The Kier molecular flexibility index (Phi) is 17.8. The van der Waals surface area contributed by atoms with Crippen LogP contribution in [0, 0.1) is 0 Å². The zero-order chi connectivity index (χ0) is 25.2. The second kappa shape index (κ2) is 18.3. The zero-order valence-corrected chi connectivity index (χ0v) is 22.8. The van der Waals surface area contributed by atoms with E-state index in [1.54, 1.807) is 24.6 Å². The lowest BCUT2D eigenvalue weighted by Gasteiger charge is -2.28. The molecule has 0 aliphatic heterocycles. The molecule has 0 amide bonds. The van der Waals surface area contributed by atoms with Crippen molar-refractivity contribution >= 4 is 23.3 Å². The Morgan fingerprint density at radius 3 is 1.67 bits per heavy atom. The van der Waals surface area contributed by atoms with Crippen molar-refractivity contribution in [2.24, 2.45) is 0 Å². The highest BCUT2D eigenvalue weighted by atomic mass is 32.2. The first-order valence-corrected chi connectivity index (χ1v) is 16.3. The standard InChI is InChI=1S/C16H36P.C9H10O6S/c1-5-9-13-17(14-10-6-2,15-11-7-3)16-12-8-4;10-5-6-15-9(11)7-3-1-2-4-8(7)16(12,13)14/h5-16H2,1-4H3;1-4,10H,5-6H2,(H,12,13,14)/q+1;/p-1. The van der Waals surface area contributed by atoms with Crippen molar-refractivity contribution in [3.63, 3.8) is 0 Å². The molecule has 192 valence electrons. The Morgan fingerprint density at radius 1 is 0.879 bits per heavy atom. The van der Waals surface area contributed by atoms with Crippen LogP contribution in [-0.4, -0.2) is 61.9 Å². The Bertz CT molecular complexity index is 714. The van der Waals surface area contributed by atoms with Gasteiger partial charge in [0.15, 0.2) is 0 Å². The van der Waals surface area contributed by atoms with Crippen molar-refractivity contribution in [2.75, 3.05) is 37.9 Å². The first-order valence-electron chi connectivity index (χ1n) is 12.4. The molecule has 0 bridgehead atoms. The first kappa shape index (κ1) is 32.0. The van der Waals surface area contributed by atoms with E-state index in [0.29, 0.717) is 0 Å². The topological polar surface area (TPSA) is 104 Å². The lowest BCUT2D eigenvalue weighted by Crippen LogP contribution is -2.13. The van der Waals surface area contributed by atoms with E-state index in [9.17, 15) is 17.8 Å². The number of unbranched alkanes of at least 4 members (excludes halogenated alkanes) is 4. The molecule has 0 fully saturated rings. The normalized spacial score (nSPS) is 11.6. The molecule has 6 nitrogen and oxygen atoms in total. The van der Waals surface area contributed by atoms with E-state index in [0.717, 1.165) is 6.07 Å². The van der Waals surface area contributed by atoms with E-state index in [1.165, 1.54) is 69.6 Å². The van der Waals surface area contributed by atoms with E-state index >= 15 is 0 Å². The molecule has 0 spiro atoms. The Balaban J connectivity index is 0.000000621. The molecule has 0 aliphatic rings. The van der Waals surface area contributed by atoms with Crippen LogP contribution in [0.5, 0.6) is 0 Å². The van der Waals surface area contributed by atoms with Crippen LogP contribution < -0.4 is 0 Å². The Labute approximate surface area is 202 Å². The van der Waals surface area contributed by atoms with E-state index < -0.39 is 28.2 Å². The van der Waals surface area contributed by atoms with Gasteiger partial charge < -0.3 is 14.4 Å². The van der Waals surface area contributed by atoms with Gasteiger partial charge in [0.05, 0.1) is 41.7 Å². The van der Waals surface area contributed by atoms with Crippen LogP contribution in [0.2, 0.25) is 0 Å². The summed E-state index contributed by atoms with van der Waals surface area (Å²) in [4.78, 5) is 10.7. The van der Waals surface area contributed by atoms with Crippen molar-refractivity contribution in [2.45, 2.75) is 84.0 Å². The zero-order valence-electron chi connectivity index (χ0n) is 21.1. The molecule has 0 atom stereocenters. The van der Waals surface area contributed by atoms with Crippen molar-refractivity contribution < 1.29 is 27.6 Å². The number of aliphatic hydroxyl groups is 1. The van der Waals surface area contributed by atoms with Crippen molar-refractivity contribution in [3.8, 4) is 0 Å². The van der Waals surface area contributed by atoms with Crippen LogP contribution in [0.15, 0.2) is 29.2 Å². The minimum atomic E-state index is -4.72. The molecular formula is C25H45O6PS. The average molecular weight is 505 g/mol. The maximum Gasteiger partial charge on any atom is 0.339 e. The highest BCUT2D eigenvalue weighted by molar-refractivity contribution is 7.85. The van der Waals surface area contributed by atoms with Crippen LogP contribution in [0.3, 0.4) is 0 Å². The summed E-state index contributed by atoms with van der Waals surface area (Å²) in [6, 6.07) is 4.93. The molecule has 0 radical (unpaired) electrons. The quantitative estimate of drug-likeness (QED) is 0.170. The van der Waals surface area contributed by atoms with Gasteiger partial charge in [-0.25, -0.2) is 13.2 Å². The van der Waals surface area contributed by atoms with Gasteiger partial charge in [-0.1, -0.05) is 65.5 Å². The molecule has 1 aromatic carbocycles. The molecule has 0 aromatic heterocycles. The molecular weight excluding hydrogens is 459 g/mol. The fourth-order valence-electron chi connectivity index (χ4n) is 3.71. The molecule has 0 unspecified atom stereocenters. The molecule has 0 saturated heterocycles. The van der Waals surface area contributed by atoms with Crippen LogP contribution in [0.1, 0.15) is 89.4 Å². The number of rotatable bonds is 16. The summed E-state index contributed by atoms with van der Waals surface area (Å²) in [5, 5.41) is 8.43. The number of ether oxygens (including phenoxy) is 1. The average Bonchev–Trinajstić information content (AvgIpc) is 2.81. The predicted molar refractivity (Wildman–Crippen MR) is 138 cm³/mol. The molecule has 0 saturated carbocycles. The summed E-state index contributed by atoms with van der Waals surface area (Å²) in [6.07, 6.45) is 17.9. The lowest BCUT2D eigenvalue weighted by molar-refractivity contribution is 0.0429. The fraction of sp³-hybridized carbons (Fsp3) is 0.720. The van der Waals surface area contributed by atoms with E-state index in [1.807, 2.05) is 0 Å². The second-order valence-electron chi connectivity index (χ2n) is 8.46. The summed E-state index contributed by atoms with van der Waals surface area (Å²) in [7, 11) is -5.28. The van der Waals surface area contributed by atoms with Crippen molar-refractivity contribution in [1.82, 2.24) is 0 Å². The molecule has 1 N–H and O–H groups in total. The van der Waals surface area contributed by atoms with Crippen LogP contribution in [-0.2, 0) is 14.9 Å². The van der Waals surface area contributed by atoms with Gasteiger partial charge >= 0.3 is 5.97 Å². The monoisotopic (exact) mass is 504 g/mol. The van der Waals surface area contributed by atoms with Gasteiger partial charge in [0.1, 0.15) is 16.7 Å². The van der Waals surface area contributed by atoms with Gasteiger partial charge in [-0.3, -0.25) is 0 Å². The smallest absolute Gasteiger partial charge is 0.339 e. The highest BCUT2D eigenvalue weighted by Gasteiger charge is 2.34. The van der Waals surface area contributed by atoms with Gasteiger partial charge in [0, 0.05) is 7.26 Å². The summed E-state index contributed by atoms with van der Waals surface area (Å²) in [6.45, 7) is 8.79. The van der Waals surface area contributed by atoms with Crippen molar-refractivity contribution in [3.05, 3.63) is 29.8 Å². The van der Waals surface area contributed by atoms with Crippen LogP contribution >= 0.6 is 7.26 Å². The molecule has 1 rings (SSSR count). The van der Waals surface area contributed by atoms with Gasteiger partial charge in [0.25, 0.3) is 0 Å². The minimum Gasteiger partial charge on any atom is -0.744 e. The highest BCUT2D eigenvalue weighted by Crippen LogP contribution is 2.61. The SMILES string of the molecule is CCCC[P+](CCCC)(CCCC)CCCC.O=C(OCCO)c1ccccc1S(=O)(=O)[O-]. The van der Waals surface area contributed by atoms with Crippen LogP contribution in [0.4, 0.5) is 0 Å². The largest absolute Gasteiger partial charge is 0.744 e. The van der Waals surface area contributed by atoms with E-state index in [-0.39, 0.29) is 18.8 Å². The maximum absolute atomic E-state index is 11.3. The predicted octanol–water partition coefficient (Wildman–Crippen LogP) is 5.94. The summed E-state index contributed by atoms with van der Waals surface area (Å²) < 4.78 is 37.0. The Hall–Kier alpha value is -1.01. The summed E-state index contributed by atoms with van der Waals surface area (Å²) >= 11 is 0. The molecule has 33 heavy (non-hydrogen) atoms. The molecule has 0 heterocycles. The number of hydrogen-bond acceptors (Lipinski definition) is 6. The second-order valence-corrected chi connectivity index (χ2v) is 14.3. The number of benzene rings is 1. The third-order valence-electron chi connectivity index (χ3n) is 5.64. The molecule has 8 heteroatoms. The third-order valence-corrected chi connectivity index (χ3v) is 11.6. The van der Waals surface area contributed by atoms with Crippen molar-refractivity contribution in [1.29, 1.82) is 0 Å². The number of hydrogen-bond donors (Lipinski definition) is 1.